The van der Waals surface area contributed by atoms with Gasteiger partial charge in [-0.3, -0.25) is 14.5 Å². The number of amides is 2. The minimum atomic E-state index is 0.0111. The Bertz CT molecular complexity index is 1000. The second-order valence-corrected chi connectivity index (χ2v) is 10.5. The van der Waals surface area contributed by atoms with Crippen LogP contribution in [0.2, 0.25) is 0 Å². The molecule has 1 fully saturated rings. The molecule has 6 nitrogen and oxygen atoms in total. The third kappa shape index (κ3) is 6.88. The van der Waals surface area contributed by atoms with E-state index >= 15 is 0 Å². The minimum absolute atomic E-state index is 0.0111. The molecule has 2 amide bonds. The van der Waals surface area contributed by atoms with Crippen LogP contribution in [0, 0.1) is 5.41 Å². The van der Waals surface area contributed by atoms with Crippen molar-refractivity contribution in [3.63, 3.8) is 0 Å². The number of benzene rings is 2. The van der Waals surface area contributed by atoms with Crippen LogP contribution in [0.4, 0.5) is 0 Å². The Labute approximate surface area is 216 Å². The molecule has 0 aromatic heterocycles. The first kappa shape index (κ1) is 26.2. The Morgan fingerprint density at radius 1 is 0.917 bits per heavy atom. The van der Waals surface area contributed by atoms with Crippen molar-refractivity contribution in [1.29, 1.82) is 0 Å². The highest BCUT2D eigenvalue weighted by atomic mass is 16.5. The molecule has 0 unspecified atom stereocenters. The minimum Gasteiger partial charge on any atom is -0.491 e. The summed E-state index contributed by atoms with van der Waals surface area (Å²) >= 11 is 0. The molecule has 0 aliphatic carbocycles. The molecule has 0 atom stereocenters. The lowest BCUT2D eigenvalue weighted by atomic mass is 9.74. The van der Waals surface area contributed by atoms with Crippen LogP contribution < -0.4 is 4.74 Å². The fourth-order valence-corrected chi connectivity index (χ4v) is 5.72. The highest BCUT2D eigenvalue weighted by Crippen LogP contribution is 2.38. The maximum Gasteiger partial charge on any atom is 0.257 e. The van der Waals surface area contributed by atoms with Crippen LogP contribution >= 0.6 is 0 Å². The number of rotatable bonds is 3. The molecule has 6 heteroatoms. The lowest BCUT2D eigenvalue weighted by Crippen LogP contribution is -2.48. The van der Waals surface area contributed by atoms with Gasteiger partial charge in [0.15, 0.2) is 0 Å². The molecular weight excluding hydrogens is 450 g/mol. The van der Waals surface area contributed by atoms with E-state index in [1.807, 2.05) is 41.1 Å². The highest BCUT2D eigenvalue weighted by molar-refractivity contribution is 5.96. The molecule has 2 heterocycles. The van der Waals surface area contributed by atoms with E-state index in [4.69, 9.17) is 4.74 Å². The van der Waals surface area contributed by atoms with Crippen LogP contribution in [-0.2, 0) is 11.2 Å². The summed E-state index contributed by atoms with van der Waals surface area (Å²) in [7, 11) is 1.91. The Morgan fingerprint density at radius 2 is 1.64 bits per heavy atom. The number of carbonyl (C=O) groups excluding carboxylic acids is 2. The molecule has 0 saturated carbocycles. The van der Waals surface area contributed by atoms with Gasteiger partial charge >= 0.3 is 0 Å². The molecule has 2 aliphatic heterocycles. The van der Waals surface area contributed by atoms with Crippen molar-refractivity contribution >= 4 is 11.8 Å². The Kier molecular flexibility index (Phi) is 9.03. The second-order valence-electron chi connectivity index (χ2n) is 10.5. The lowest BCUT2D eigenvalue weighted by molar-refractivity contribution is -0.131. The molecule has 2 aromatic carbocycles. The van der Waals surface area contributed by atoms with Gasteiger partial charge in [-0.05, 0) is 61.8 Å². The summed E-state index contributed by atoms with van der Waals surface area (Å²) in [5.74, 6) is 0.821. The van der Waals surface area contributed by atoms with Crippen molar-refractivity contribution in [3.8, 4) is 5.75 Å². The number of fused-ring (bicyclic) bond motifs is 1. The Hall–Kier alpha value is -2.86. The number of hydrogen-bond acceptors (Lipinski definition) is 4. The average molecular weight is 492 g/mol. The third-order valence-electron chi connectivity index (χ3n) is 7.96. The fourth-order valence-electron chi connectivity index (χ4n) is 5.72. The molecule has 1 saturated heterocycles. The predicted octanol–water partition coefficient (Wildman–Crippen LogP) is 4.49. The standard InChI is InChI=1S/C30H41N3O3/c1-25(34)33-20-16-30(17-21-33)15-8-9-18-32(19-14-26-10-4-3-5-11-26)22-23-36-28-13-7-6-12-27(28)29(35)31(2)24-30/h3-7,10-13H,8-9,14-24H2,1-2H3. The smallest absolute Gasteiger partial charge is 0.257 e. The van der Waals surface area contributed by atoms with Crippen molar-refractivity contribution in [2.45, 2.75) is 45.4 Å². The average Bonchev–Trinajstić information content (AvgIpc) is 2.89. The Morgan fingerprint density at radius 3 is 2.39 bits per heavy atom. The van der Waals surface area contributed by atoms with E-state index in [-0.39, 0.29) is 17.2 Å². The summed E-state index contributed by atoms with van der Waals surface area (Å²) in [4.78, 5) is 31.8. The van der Waals surface area contributed by atoms with Crippen molar-refractivity contribution < 1.29 is 14.3 Å². The molecule has 0 N–H and O–H groups in total. The molecule has 1 spiro atoms. The molecule has 2 aromatic rings. The topological polar surface area (TPSA) is 53.1 Å². The SMILES string of the molecule is CC(=O)N1CCC2(CCCCN(CCc3ccccc3)CCOc3ccccc3C(=O)N(C)C2)CC1. The van der Waals surface area contributed by atoms with Gasteiger partial charge in [-0.15, -0.1) is 0 Å². The third-order valence-corrected chi connectivity index (χ3v) is 7.96. The number of ether oxygens (including phenoxy) is 1. The van der Waals surface area contributed by atoms with Crippen LogP contribution in [0.25, 0.3) is 0 Å². The van der Waals surface area contributed by atoms with Gasteiger partial charge in [0.25, 0.3) is 5.91 Å². The van der Waals surface area contributed by atoms with Gasteiger partial charge in [0.2, 0.25) is 5.91 Å². The van der Waals surface area contributed by atoms with Crippen molar-refractivity contribution in [3.05, 3.63) is 65.7 Å². The number of para-hydroxylation sites is 1. The summed E-state index contributed by atoms with van der Waals surface area (Å²) in [6, 6.07) is 18.3. The van der Waals surface area contributed by atoms with Gasteiger partial charge in [-0.2, -0.15) is 0 Å². The van der Waals surface area contributed by atoms with Crippen molar-refractivity contribution in [2.24, 2.45) is 5.41 Å². The van der Waals surface area contributed by atoms with Gasteiger partial charge < -0.3 is 14.5 Å². The van der Waals surface area contributed by atoms with E-state index in [9.17, 15) is 9.59 Å². The van der Waals surface area contributed by atoms with E-state index in [1.165, 1.54) is 5.56 Å². The molecule has 0 bridgehead atoms. The van der Waals surface area contributed by atoms with Crippen LogP contribution in [-0.4, -0.2) is 79.4 Å². The van der Waals surface area contributed by atoms with Crippen LogP contribution in [0.15, 0.2) is 54.6 Å². The van der Waals surface area contributed by atoms with Crippen molar-refractivity contribution in [1.82, 2.24) is 14.7 Å². The summed E-state index contributed by atoms with van der Waals surface area (Å²) in [5.41, 5.74) is 2.03. The van der Waals surface area contributed by atoms with Gasteiger partial charge in [0.1, 0.15) is 12.4 Å². The maximum absolute atomic E-state index is 13.5. The monoisotopic (exact) mass is 491 g/mol. The molecule has 2 aliphatic rings. The quantitative estimate of drug-likeness (QED) is 0.635. The van der Waals surface area contributed by atoms with E-state index in [0.29, 0.717) is 24.5 Å². The summed E-state index contributed by atoms with van der Waals surface area (Å²) in [6.45, 7) is 7.36. The zero-order valence-corrected chi connectivity index (χ0v) is 22.0. The van der Waals surface area contributed by atoms with E-state index in [0.717, 1.165) is 71.2 Å². The Balaban J connectivity index is 1.51. The summed E-state index contributed by atoms with van der Waals surface area (Å²) < 4.78 is 6.18. The zero-order chi connectivity index (χ0) is 25.4. The first-order chi connectivity index (χ1) is 17.5. The maximum atomic E-state index is 13.5. The second kappa shape index (κ2) is 12.4. The van der Waals surface area contributed by atoms with E-state index in [2.05, 4.69) is 35.2 Å². The first-order valence-corrected chi connectivity index (χ1v) is 13.4. The van der Waals surface area contributed by atoms with Gasteiger partial charge in [-0.25, -0.2) is 0 Å². The molecule has 4 rings (SSSR count). The van der Waals surface area contributed by atoms with Crippen molar-refractivity contribution in [2.75, 3.05) is 52.9 Å². The molecule has 36 heavy (non-hydrogen) atoms. The largest absolute Gasteiger partial charge is 0.491 e. The fraction of sp³-hybridized carbons (Fsp3) is 0.533. The van der Waals surface area contributed by atoms with Gasteiger partial charge in [0.05, 0.1) is 5.56 Å². The first-order valence-electron chi connectivity index (χ1n) is 13.4. The number of piperidine rings is 1. The normalized spacial score (nSPS) is 19.9. The number of carbonyl (C=O) groups is 2. The van der Waals surface area contributed by atoms with Crippen LogP contribution in [0.3, 0.4) is 0 Å². The predicted molar refractivity (Wildman–Crippen MR) is 143 cm³/mol. The molecule has 194 valence electrons. The number of nitrogens with zero attached hydrogens (tertiary/aromatic N) is 3. The molecular formula is C30H41N3O3. The van der Waals surface area contributed by atoms with E-state index < -0.39 is 0 Å². The van der Waals surface area contributed by atoms with Crippen LogP contribution in [0.5, 0.6) is 5.75 Å². The van der Waals surface area contributed by atoms with Gasteiger partial charge in [-0.1, -0.05) is 48.9 Å². The lowest BCUT2D eigenvalue weighted by Gasteiger charge is -2.44. The summed E-state index contributed by atoms with van der Waals surface area (Å²) in [6.07, 6.45) is 6.25. The number of hydrogen-bond donors (Lipinski definition) is 0. The summed E-state index contributed by atoms with van der Waals surface area (Å²) in [5, 5.41) is 0. The number of likely N-dealkylation sites (tertiary alicyclic amines) is 1. The van der Waals surface area contributed by atoms with E-state index in [1.54, 1.807) is 6.92 Å². The highest BCUT2D eigenvalue weighted by Gasteiger charge is 2.37. The van der Waals surface area contributed by atoms with Gasteiger partial charge in [0, 0.05) is 46.7 Å². The van der Waals surface area contributed by atoms with Crippen LogP contribution in [0.1, 0.15) is 54.9 Å². The molecule has 0 radical (unpaired) electrons. The zero-order valence-electron chi connectivity index (χ0n) is 22.0.